The van der Waals surface area contributed by atoms with E-state index in [9.17, 15) is 5.11 Å². The number of allylic oxidation sites excluding steroid dienone is 1. The van der Waals surface area contributed by atoms with Crippen LogP contribution in [0, 0.1) is 23.2 Å². The van der Waals surface area contributed by atoms with Gasteiger partial charge in [0.2, 0.25) is 0 Å². The predicted molar refractivity (Wildman–Crippen MR) is 45.1 cm³/mol. The highest BCUT2D eigenvalue weighted by molar-refractivity contribution is 5.18. The molecule has 1 N–H and O–H groups in total. The second kappa shape index (κ2) is 1.89. The van der Waals surface area contributed by atoms with Gasteiger partial charge in [-0.3, -0.25) is 0 Å². The molecule has 0 spiro atoms. The van der Waals surface area contributed by atoms with Gasteiger partial charge in [-0.15, -0.1) is 6.58 Å². The van der Waals surface area contributed by atoms with E-state index >= 15 is 0 Å². The summed E-state index contributed by atoms with van der Waals surface area (Å²) in [6.45, 7) is 8.30. The van der Waals surface area contributed by atoms with Crippen LogP contribution in [0.4, 0.5) is 0 Å². The second-order valence-corrected chi connectivity index (χ2v) is 4.68. The van der Waals surface area contributed by atoms with Crippen molar-refractivity contribution in [3.63, 3.8) is 0 Å². The Morgan fingerprint density at radius 1 is 1.55 bits per heavy atom. The molecule has 4 unspecified atom stereocenters. The summed E-state index contributed by atoms with van der Waals surface area (Å²) < 4.78 is 0. The van der Waals surface area contributed by atoms with Gasteiger partial charge in [-0.2, -0.15) is 0 Å². The lowest BCUT2D eigenvalue weighted by molar-refractivity contribution is 0.128. The normalized spacial score (nSPS) is 51.9. The summed E-state index contributed by atoms with van der Waals surface area (Å²) in [4.78, 5) is 0. The lowest BCUT2D eigenvalue weighted by Crippen LogP contribution is -2.17. The third-order valence-corrected chi connectivity index (χ3v) is 3.49. The van der Waals surface area contributed by atoms with Crippen molar-refractivity contribution in [1.29, 1.82) is 0 Å². The summed E-state index contributed by atoms with van der Waals surface area (Å²) in [5.74, 6) is 1.87. The largest absolute Gasteiger partial charge is 0.393 e. The molecule has 1 nitrogen and oxygen atoms in total. The summed E-state index contributed by atoms with van der Waals surface area (Å²) in [6.07, 6.45) is 2.93. The maximum Gasteiger partial charge on any atom is 0.0582 e. The van der Waals surface area contributed by atoms with E-state index in [-0.39, 0.29) is 6.10 Å². The van der Waals surface area contributed by atoms with E-state index in [1.165, 1.54) is 0 Å². The maximum atomic E-state index is 9.63. The topological polar surface area (TPSA) is 20.2 Å². The van der Waals surface area contributed by atoms with Gasteiger partial charge in [0.1, 0.15) is 0 Å². The molecule has 0 heterocycles. The number of aliphatic hydroxyl groups excluding tert-OH is 1. The average Bonchev–Trinajstić information content (AvgIpc) is 2.53. The van der Waals surface area contributed by atoms with Gasteiger partial charge < -0.3 is 5.11 Å². The van der Waals surface area contributed by atoms with Crippen molar-refractivity contribution in [2.75, 3.05) is 0 Å². The zero-order chi connectivity index (χ0) is 8.22. The highest BCUT2D eigenvalue weighted by atomic mass is 16.3. The zero-order valence-corrected chi connectivity index (χ0v) is 7.25. The Hall–Kier alpha value is -0.300. The Morgan fingerprint density at radius 2 is 2.18 bits per heavy atom. The average molecular weight is 152 g/mol. The van der Waals surface area contributed by atoms with Crippen molar-refractivity contribution < 1.29 is 5.11 Å². The fourth-order valence-corrected chi connectivity index (χ4v) is 3.01. The van der Waals surface area contributed by atoms with Crippen molar-refractivity contribution in [2.24, 2.45) is 23.2 Å². The van der Waals surface area contributed by atoms with E-state index < -0.39 is 0 Å². The first-order valence-corrected chi connectivity index (χ1v) is 4.38. The predicted octanol–water partition coefficient (Wildman–Crippen LogP) is 1.83. The smallest absolute Gasteiger partial charge is 0.0582 e. The Morgan fingerprint density at radius 3 is 2.45 bits per heavy atom. The standard InChI is InChI=1S/C10H16O/c1-4-6-8-7(11)5-10(2,3)9(6)8/h4,6-9,11H,1,5H2,2-3H3. The molecule has 11 heavy (non-hydrogen) atoms. The van der Waals surface area contributed by atoms with E-state index in [1.54, 1.807) is 0 Å². The monoisotopic (exact) mass is 152 g/mol. The molecule has 0 radical (unpaired) electrons. The molecule has 0 aliphatic heterocycles. The summed E-state index contributed by atoms with van der Waals surface area (Å²) in [5, 5.41) is 9.63. The molecule has 1 heteroatoms. The van der Waals surface area contributed by atoms with Crippen molar-refractivity contribution in [3.05, 3.63) is 12.7 Å². The van der Waals surface area contributed by atoms with Crippen LogP contribution in [0.3, 0.4) is 0 Å². The van der Waals surface area contributed by atoms with Crippen molar-refractivity contribution in [3.8, 4) is 0 Å². The first-order chi connectivity index (χ1) is 5.08. The molecule has 2 aliphatic carbocycles. The van der Waals surface area contributed by atoms with E-state index in [0.717, 1.165) is 12.3 Å². The molecule has 0 amide bonds. The van der Waals surface area contributed by atoms with Crippen molar-refractivity contribution in [2.45, 2.75) is 26.4 Å². The third kappa shape index (κ3) is 0.807. The van der Waals surface area contributed by atoms with Crippen LogP contribution >= 0.6 is 0 Å². The van der Waals surface area contributed by atoms with Gasteiger partial charge in [-0.25, -0.2) is 0 Å². The third-order valence-electron chi connectivity index (χ3n) is 3.49. The van der Waals surface area contributed by atoms with Gasteiger partial charge in [-0.1, -0.05) is 19.9 Å². The minimum absolute atomic E-state index is 0.0574. The molecular weight excluding hydrogens is 136 g/mol. The molecular formula is C10H16O. The fraction of sp³-hybridized carbons (Fsp3) is 0.800. The van der Waals surface area contributed by atoms with Crippen molar-refractivity contribution in [1.82, 2.24) is 0 Å². The van der Waals surface area contributed by atoms with Crippen LogP contribution in [0.25, 0.3) is 0 Å². The molecule has 4 atom stereocenters. The molecule has 2 rings (SSSR count). The number of aliphatic hydroxyl groups is 1. The van der Waals surface area contributed by atoms with Crippen LogP contribution in [0.2, 0.25) is 0 Å². The van der Waals surface area contributed by atoms with Gasteiger partial charge in [0.25, 0.3) is 0 Å². The molecule has 2 aliphatic rings. The number of hydrogen-bond donors (Lipinski definition) is 1. The Balaban J connectivity index is 2.19. The number of rotatable bonds is 1. The second-order valence-electron chi connectivity index (χ2n) is 4.68. The minimum Gasteiger partial charge on any atom is -0.393 e. The van der Waals surface area contributed by atoms with Gasteiger partial charge >= 0.3 is 0 Å². The molecule has 0 aromatic carbocycles. The van der Waals surface area contributed by atoms with E-state index in [1.807, 2.05) is 6.08 Å². The maximum absolute atomic E-state index is 9.63. The van der Waals surface area contributed by atoms with Crippen LogP contribution in [0.5, 0.6) is 0 Å². The van der Waals surface area contributed by atoms with Gasteiger partial charge in [0.15, 0.2) is 0 Å². The van der Waals surface area contributed by atoms with Crippen molar-refractivity contribution >= 4 is 0 Å². The fourth-order valence-electron chi connectivity index (χ4n) is 3.01. The zero-order valence-electron chi connectivity index (χ0n) is 7.25. The lowest BCUT2D eigenvalue weighted by atomic mass is 9.85. The molecule has 0 aromatic rings. The van der Waals surface area contributed by atoms with Crippen LogP contribution in [0.15, 0.2) is 12.7 Å². The molecule has 62 valence electrons. The summed E-state index contributed by atoms with van der Waals surface area (Å²) in [7, 11) is 0. The Labute approximate surface area is 68.1 Å². The summed E-state index contributed by atoms with van der Waals surface area (Å²) >= 11 is 0. The molecule has 2 fully saturated rings. The first kappa shape index (κ1) is 7.35. The van der Waals surface area contributed by atoms with Gasteiger partial charge in [0, 0.05) is 0 Å². The summed E-state index contributed by atoms with van der Waals surface area (Å²) in [6, 6.07) is 0. The molecule has 0 aromatic heterocycles. The minimum atomic E-state index is -0.0574. The highest BCUT2D eigenvalue weighted by Gasteiger charge is 2.64. The number of fused-ring (bicyclic) bond motifs is 1. The molecule has 0 bridgehead atoms. The van der Waals surface area contributed by atoms with Crippen LogP contribution in [-0.4, -0.2) is 11.2 Å². The Kier molecular flexibility index (Phi) is 1.26. The van der Waals surface area contributed by atoms with Gasteiger partial charge in [-0.05, 0) is 29.6 Å². The SMILES string of the molecule is C=CC1C2C(O)CC(C)(C)C12. The van der Waals surface area contributed by atoms with Crippen LogP contribution < -0.4 is 0 Å². The van der Waals surface area contributed by atoms with E-state index in [2.05, 4.69) is 20.4 Å². The molecule has 0 saturated heterocycles. The first-order valence-electron chi connectivity index (χ1n) is 4.38. The van der Waals surface area contributed by atoms with Gasteiger partial charge in [0.05, 0.1) is 6.10 Å². The lowest BCUT2D eigenvalue weighted by Gasteiger charge is -2.22. The highest BCUT2D eigenvalue weighted by Crippen LogP contribution is 2.66. The molecule has 2 saturated carbocycles. The van der Waals surface area contributed by atoms with Crippen LogP contribution in [0.1, 0.15) is 20.3 Å². The number of hydrogen-bond acceptors (Lipinski definition) is 1. The van der Waals surface area contributed by atoms with E-state index in [4.69, 9.17) is 0 Å². The quantitative estimate of drug-likeness (QED) is 0.568. The van der Waals surface area contributed by atoms with Crippen LogP contribution in [-0.2, 0) is 0 Å². The van der Waals surface area contributed by atoms with E-state index in [0.29, 0.717) is 17.3 Å². The summed E-state index contributed by atoms with van der Waals surface area (Å²) in [5.41, 5.74) is 0.350. The Bertz CT molecular complexity index is 195.